The molecule has 2 atom stereocenters. The van der Waals surface area contributed by atoms with E-state index >= 15 is 4.39 Å². The quantitative estimate of drug-likeness (QED) is 0.533. The number of hydrogen-bond donors (Lipinski definition) is 2. The summed E-state index contributed by atoms with van der Waals surface area (Å²) in [7, 11) is 1.84. The lowest BCUT2D eigenvalue weighted by atomic mass is 10.0. The molecule has 1 fully saturated rings. The van der Waals surface area contributed by atoms with Crippen LogP contribution in [0.1, 0.15) is 53.8 Å². The summed E-state index contributed by atoms with van der Waals surface area (Å²) < 4.78 is 17.1. The molecule has 9 nitrogen and oxygen atoms in total. The van der Waals surface area contributed by atoms with Gasteiger partial charge in [-0.25, -0.2) is 14.4 Å². The number of anilines is 1. The van der Waals surface area contributed by atoms with Crippen LogP contribution in [-0.2, 0) is 4.79 Å². The van der Waals surface area contributed by atoms with Crippen LogP contribution in [0.5, 0.6) is 0 Å². The van der Waals surface area contributed by atoms with Crippen LogP contribution in [0.2, 0.25) is 0 Å². The van der Waals surface area contributed by atoms with Gasteiger partial charge in [-0.05, 0) is 50.0 Å². The molecule has 1 saturated heterocycles. The van der Waals surface area contributed by atoms with E-state index in [4.69, 9.17) is 10.7 Å². The van der Waals surface area contributed by atoms with E-state index in [1.807, 2.05) is 28.9 Å². The largest absolute Gasteiger partial charge is 0.359 e. The minimum atomic E-state index is -0.696. The fourth-order valence-electron chi connectivity index (χ4n) is 4.73. The van der Waals surface area contributed by atoms with Gasteiger partial charge >= 0.3 is 0 Å². The molecule has 5 rings (SSSR count). The van der Waals surface area contributed by atoms with Crippen molar-refractivity contribution in [3.8, 4) is 23.1 Å². The van der Waals surface area contributed by atoms with E-state index in [9.17, 15) is 9.59 Å². The number of halogens is 1. The van der Waals surface area contributed by atoms with Crippen molar-refractivity contribution in [1.29, 1.82) is 0 Å². The minimum Gasteiger partial charge on any atom is -0.359 e. The first-order valence-corrected chi connectivity index (χ1v) is 11.9. The van der Waals surface area contributed by atoms with Crippen molar-refractivity contribution in [3.63, 3.8) is 0 Å². The second kappa shape index (κ2) is 9.87. The molecule has 2 aliphatic heterocycles. The van der Waals surface area contributed by atoms with Gasteiger partial charge in [-0.3, -0.25) is 9.59 Å². The Morgan fingerprint density at radius 2 is 2.05 bits per heavy atom. The Kier molecular flexibility index (Phi) is 6.46. The molecule has 0 bridgehead atoms. The molecule has 3 N–H and O–H groups in total. The molecule has 4 heterocycles. The highest BCUT2D eigenvalue weighted by Gasteiger charge is 2.36. The predicted octanol–water partition coefficient (Wildman–Crippen LogP) is 3.35. The maximum atomic E-state index is 15.2. The van der Waals surface area contributed by atoms with Crippen molar-refractivity contribution in [2.45, 2.75) is 32.0 Å². The zero-order valence-electron chi connectivity index (χ0n) is 20.5. The number of nitrogens with one attached hydrogen (secondary N) is 1. The molecular formula is C27H26FN7O2. The molecule has 1 aromatic carbocycles. The van der Waals surface area contributed by atoms with Gasteiger partial charge in [0.25, 0.3) is 11.8 Å². The smallest absolute Gasteiger partial charge is 0.299 e. The van der Waals surface area contributed by atoms with E-state index in [1.165, 1.54) is 18.3 Å². The van der Waals surface area contributed by atoms with Crippen molar-refractivity contribution < 1.29 is 14.0 Å². The van der Waals surface area contributed by atoms with Crippen molar-refractivity contribution in [2.24, 2.45) is 5.73 Å². The molecule has 2 amide bonds. The molecule has 1 unspecified atom stereocenters. The molecule has 2 aliphatic rings. The topological polar surface area (TPSA) is 109 Å². The molecular weight excluding hydrogens is 473 g/mol. The van der Waals surface area contributed by atoms with Crippen molar-refractivity contribution in [3.05, 3.63) is 71.7 Å². The number of imidazole rings is 1. The van der Waals surface area contributed by atoms with Crippen molar-refractivity contribution in [1.82, 2.24) is 24.3 Å². The number of rotatable bonds is 4. The van der Waals surface area contributed by atoms with Crippen LogP contribution in [0.15, 0.2) is 48.8 Å². The number of fused-ring (bicyclic) bond motifs is 1. The summed E-state index contributed by atoms with van der Waals surface area (Å²) in [4.78, 5) is 37.8. The first kappa shape index (κ1) is 24.2. The molecule has 0 aliphatic carbocycles. The van der Waals surface area contributed by atoms with Crippen molar-refractivity contribution >= 4 is 23.8 Å². The average Bonchev–Trinajstić information content (AvgIpc) is 3.52. The number of aromatic nitrogens is 3. The van der Waals surface area contributed by atoms with Gasteiger partial charge in [-0.15, -0.1) is 0 Å². The van der Waals surface area contributed by atoms with Gasteiger partial charge in [-0.2, -0.15) is 0 Å². The maximum Gasteiger partial charge on any atom is 0.299 e. The Hall–Kier alpha value is -4.49. The van der Waals surface area contributed by atoms with Crippen LogP contribution in [0, 0.1) is 17.7 Å². The third-order valence-electron chi connectivity index (χ3n) is 6.58. The zero-order valence-corrected chi connectivity index (χ0v) is 20.5. The molecule has 37 heavy (non-hydrogen) atoms. The van der Waals surface area contributed by atoms with Gasteiger partial charge in [0.05, 0.1) is 23.0 Å². The lowest BCUT2D eigenvalue weighted by Gasteiger charge is -2.30. The number of amides is 2. The van der Waals surface area contributed by atoms with Crippen LogP contribution in [0.4, 0.5) is 10.2 Å². The van der Waals surface area contributed by atoms with Crippen LogP contribution in [-0.4, -0.2) is 49.7 Å². The second-order valence-electron chi connectivity index (χ2n) is 8.88. The van der Waals surface area contributed by atoms with Crippen LogP contribution in [0.25, 0.3) is 17.5 Å². The van der Waals surface area contributed by atoms with E-state index in [1.54, 1.807) is 36.1 Å². The highest BCUT2D eigenvalue weighted by molar-refractivity contribution is 6.04. The number of nitrogens with two attached hydrogens (primary N) is 1. The van der Waals surface area contributed by atoms with Gasteiger partial charge in [0, 0.05) is 37.8 Å². The summed E-state index contributed by atoms with van der Waals surface area (Å²) in [6.07, 6.45) is 6.23. The van der Waals surface area contributed by atoms with Crippen LogP contribution in [0.3, 0.4) is 0 Å². The first-order chi connectivity index (χ1) is 17.9. The molecule has 2 aromatic heterocycles. The fraction of sp³-hybridized carbons (Fsp3) is 0.259. The number of pyridine rings is 1. The Morgan fingerprint density at radius 1 is 1.22 bits per heavy atom. The Bertz CT molecular complexity index is 1450. The molecule has 0 spiro atoms. The van der Waals surface area contributed by atoms with E-state index < -0.39 is 17.9 Å². The van der Waals surface area contributed by atoms with E-state index in [2.05, 4.69) is 22.1 Å². The number of nitrogens with zero attached hydrogens (tertiary/aromatic N) is 5. The number of hydrogen-bond acceptors (Lipinski definition) is 6. The monoisotopic (exact) mass is 499 g/mol. The first-order valence-electron chi connectivity index (χ1n) is 11.9. The third kappa shape index (κ3) is 4.45. The van der Waals surface area contributed by atoms with E-state index in [0.29, 0.717) is 35.1 Å². The standard InChI is InChI=1S/C27H26FN7O2/c1-3-7-22(36)34-13-6-8-20(34)26-32-23(24-25(29)33(2)14-15-35(24)26)17-10-11-18(19(28)16-17)27(37)31-21-9-4-5-12-30-21/h4-5,9-12,14-16,20,25H,6,8,13,29H2,1-2H3,(H,30,31,37)/t20-,25?/m0/s1. The summed E-state index contributed by atoms with van der Waals surface area (Å²) >= 11 is 0. The SMILES string of the molecule is CC#CC(=O)N1CCC[C@H]1c1nc(-c2ccc(C(=O)Nc3ccccn3)c(F)c2)c2n1C=CN(C)C2N. The molecule has 188 valence electrons. The summed E-state index contributed by atoms with van der Waals surface area (Å²) in [5.74, 6) is 4.71. The highest BCUT2D eigenvalue weighted by Crippen LogP contribution is 2.39. The number of benzene rings is 1. The predicted molar refractivity (Wildman–Crippen MR) is 137 cm³/mol. The lowest BCUT2D eigenvalue weighted by Crippen LogP contribution is -2.34. The van der Waals surface area contributed by atoms with E-state index in [-0.39, 0.29) is 17.5 Å². The zero-order chi connectivity index (χ0) is 26.1. The summed E-state index contributed by atoms with van der Waals surface area (Å²) in [6, 6.07) is 9.14. The summed E-state index contributed by atoms with van der Waals surface area (Å²) in [6.45, 7) is 2.21. The van der Waals surface area contributed by atoms with Gasteiger partial charge in [0.2, 0.25) is 0 Å². The minimum absolute atomic E-state index is 0.116. The Balaban J connectivity index is 1.54. The molecule has 3 aromatic rings. The second-order valence-corrected chi connectivity index (χ2v) is 8.88. The van der Waals surface area contributed by atoms with Gasteiger partial charge in [-0.1, -0.05) is 18.1 Å². The Labute approximate surface area is 213 Å². The third-order valence-corrected chi connectivity index (χ3v) is 6.58. The summed E-state index contributed by atoms with van der Waals surface area (Å²) in [5, 5.41) is 2.59. The van der Waals surface area contributed by atoms with Gasteiger partial charge in [0.15, 0.2) is 0 Å². The number of carbonyl (C=O) groups excluding carboxylic acids is 2. The Morgan fingerprint density at radius 3 is 2.78 bits per heavy atom. The normalized spacial score (nSPS) is 18.3. The molecule has 0 radical (unpaired) electrons. The average molecular weight is 500 g/mol. The lowest BCUT2D eigenvalue weighted by molar-refractivity contribution is -0.126. The van der Waals surface area contributed by atoms with Gasteiger partial charge < -0.3 is 25.4 Å². The molecule has 0 saturated carbocycles. The van der Waals surface area contributed by atoms with Crippen molar-refractivity contribution in [2.75, 3.05) is 18.9 Å². The molecule has 10 heteroatoms. The van der Waals surface area contributed by atoms with Gasteiger partial charge in [0.1, 0.15) is 23.6 Å². The van der Waals surface area contributed by atoms with Crippen LogP contribution < -0.4 is 11.1 Å². The van der Waals surface area contributed by atoms with Crippen LogP contribution >= 0.6 is 0 Å². The fourth-order valence-corrected chi connectivity index (χ4v) is 4.73. The maximum absolute atomic E-state index is 15.2. The van der Waals surface area contributed by atoms with E-state index in [0.717, 1.165) is 12.8 Å². The number of likely N-dealkylation sites (tertiary alicyclic amines) is 1. The highest BCUT2D eigenvalue weighted by atomic mass is 19.1. The number of carbonyl (C=O) groups is 2. The summed E-state index contributed by atoms with van der Waals surface area (Å²) in [5.41, 5.74) is 8.06.